The third-order valence-electron chi connectivity index (χ3n) is 2.58. The predicted molar refractivity (Wildman–Crippen MR) is 73.6 cm³/mol. The van der Waals surface area contributed by atoms with Crippen molar-refractivity contribution >= 4 is 44.1 Å². The number of hydrogen-bond acceptors (Lipinski definition) is 2. The minimum absolute atomic E-state index is 0.0545. The first-order valence-electron chi connectivity index (χ1n) is 5.03. The van der Waals surface area contributed by atoms with Gasteiger partial charge in [0, 0.05) is 10.9 Å². The zero-order chi connectivity index (χ0) is 12.4. The highest BCUT2D eigenvalue weighted by Crippen LogP contribution is 2.33. The van der Waals surface area contributed by atoms with E-state index in [-0.39, 0.29) is 5.78 Å². The van der Waals surface area contributed by atoms with Crippen molar-refractivity contribution in [3.63, 3.8) is 0 Å². The van der Waals surface area contributed by atoms with Crippen molar-refractivity contribution in [2.45, 2.75) is 0 Å². The maximum atomic E-state index is 11.6. The second kappa shape index (κ2) is 5.07. The van der Waals surface area contributed by atoms with Crippen LogP contribution in [0.15, 0.2) is 30.3 Å². The summed E-state index contributed by atoms with van der Waals surface area (Å²) in [5, 5.41) is 2.71. The number of halogens is 2. The molecular weight excluding hydrogens is 303 g/mol. The molecule has 0 fully saturated rings. The van der Waals surface area contributed by atoms with E-state index in [0.717, 1.165) is 10.8 Å². The van der Waals surface area contributed by atoms with Gasteiger partial charge in [0.2, 0.25) is 0 Å². The Bertz CT molecular complexity index is 581. The Balaban J connectivity index is 2.61. The Morgan fingerprint density at radius 1 is 1.35 bits per heavy atom. The van der Waals surface area contributed by atoms with Gasteiger partial charge < -0.3 is 4.74 Å². The van der Waals surface area contributed by atoms with Crippen LogP contribution in [0, 0.1) is 0 Å². The molecule has 17 heavy (non-hydrogen) atoms. The third-order valence-corrected chi connectivity index (χ3v) is 3.48. The lowest BCUT2D eigenvalue weighted by atomic mass is 10.0. The standard InChI is InChI=1S/C13H10BrClO2/c1-17-12-5-3-8-6-9(11(16)7-14)2-4-10(8)13(12)15/h2-6H,7H2,1H3. The number of hydrogen-bond donors (Lipinski definition) is 0. The van der Waals surface area contributed by atoms with Crippen LogP contribution in [0.1, 0.15) is 10.4 Å². The summed E-state index contributed by atoms with van der Waals surface area (Å²) in [5.41, 5.74) is 0.676. The molecule has 0 saturated carbocycles. The van der Waals surface area contributed by atoms with Gasteiger partial charge in [-0.25, -0.2) is 0 Å². The van der Waals surface area contributed by atoms with E-state index in [1.54, 1.807) is 19.2 Å². The first-order valence-corrected chi connectivity index (χ1v) is 6.52. The fourth-order valence-electron chi connectivity index (χ4n) is 1.68. The van der Waals surface area contributed by atoms with E-state index in [1.807, 2.05) is 18.2 Å². The SMILES string of the molecule is COc1ccc2cc(C(=O)CBr)ccc2c1Cl. The van der Waals surface area contributed by atoms with Crippen LogP contribution in [0.5, 0.6) is 5.75 Å². The number of alkyl halides is 1. The van der Waals surface area contributed by atoms with Crippen molar-refractivity contribution in [3.8, 4) is 5.75 Å². The van der Waals surface area contributed by atoms with Crippen LogP contribution >= 0.6 is 27.5 Å². The predicted octanol–water partition coefficient (Wildman–Crippen LogP) is 4.08. The number of ketones is 1. The van der Waals surface area contributed by atoms with Gasteiger partial charge in [0.05, 0.1) is 17.5 Å². The van der Waals surface area contributed by atoms with Crippen molar-refractivity contribution < 1.29 is 9.53 Å². The summed E-state index contributed by atoms with van der Waals surface area (Å²) < 4.78 is 5.15. The monoisotopic (exact) mass is 312 g/mol. The van der Waals surface area contributed by atoms with Gasteiger partial charge in [0.15, 0.2) is 5.78 Å². The summed E-state index contributed by atoms with van der Waals surface area (Å²) in [6.45, 7) is 0. The molecule has 0 radical (unpaired) electrons. The summed E-state index contributed by atoms with van der Waals surface area (Å²) in [4.78, 5) is 11.6. The van der Waals surface area contributed by atoms with Gasteiger partial charge >= 0.3 is 0 Å². The molecule has 4 heteroatoms. The topological polar surface area (TPSA) is 26.3 Å². The third kappa shape index (κ3) is 2.31. The molecular formula is C13H10BrClO2. The Morgan fingerprint density at radius 3 is 2.76 bits per heavy atom. The summed E-state index contributed by atoms with van der Waals surface area (Å²) in [6.07, 6.45) is 0. The van der Waals surface area contributed by atoms with E-state index in [9.17, 15) is 4.79 Å². The Hall–Kier alpha value is -1.06. The highest BCUT2D eigenvalue weighted by molar-refractivity contribution is 9.09. The second-order valence-corrected chi connectivity index (χ2v) is 4.51. The van der Waals surface area contributed by atoms with E-state index >= 15 is 0 Å². The molecule has 2 rings (SSSR count). The zero-order valence-corrected chi connectivity index (χ0v) is 11.5. The van der Waals surface area contributed by atoms with Crippen molar-refractivity contribution in [2.24, 2.45) is 0 Å². The number of methoxy groups -OCH3 is 1. The molecule has 0 aromatic heterocycles. The fraction of sp³-hybridized carbons (Fsp3) is 0.154. The lowest BCUT2D eigenvalue weighted by Gasteiger charge is -2.07. The van der Waals surface area contributed by atoms with Crippen LogP contribution < -0.4 is 4.74 Å². The smallest absolute Gasteiger partial charge is 0.173 e. The number of carbonyl (C=O) groups excluding carboxylic acids is 1. The van der Waals surface area contributed by atoms with Crippen molar-refractivity contribution in [1.82, 2.24) is 0 Å². The minimum Gasteiger partial charge on any atom is -0.495 e. The minimum atomic E-state index is 0.0545. The molecule has 0 aliphatic heterocycles. The zero-order valence-electron chi connectivity index (χ0n) is 9.17. The largest absolute Gasteiger partial charge is 0.495 e. The average Bonchev–Trinajstić information content (AvgIpc) is 2.38. The normalized spacial score (nSPS) is 10.5. The highest BCUT2D eigenvalue weighted by atomic mass is 79.9. The Labute approximate surface area is 113 Å². The molecule has 0 aliphatic rings. The van der Waals surface area contributed by atoms with Crippen LogP contribution in [0.2, 0.25) is 5.02 Å². The van der Waals surface area contributed by atoms with E-state index in [0.29, 0.717) is 21.7 Å². The molecule has 0 amide bonds. The summed E-state index contributed by atoms with van der Waals surface area (Å²) in [6, 6.07) is 9.15. The maximum Gasteiger partial charge on any atom is 0.173 e. The van der Waals surface area contributed by atoms with Gasteiger partial charge in [-0.05, 0) is 17.5 Å². The molecule has 0 atom stereocenters. The number of rotatable bonds is 3. The maximum absolute atomic E-state index is 11.6. The van der Waals surface area contributed by atoms with E-state index in [1.165, 1.54) is 0 Å². The highest BCUT2D eigenvalue weighted by Gasteiger charge is 2.09. The summed E-state index contributed by atoms with van der Waals surface area (Å²) >= 11 is 9.35. The molecule has 0 unspecified atom stereocenters. The first kappa shape index (κ1) is 12.4. The molecule has 88 valence electrons. The quantitative estimate of drug-likeness (QED) is 0.630. The Kier molecular flexibility index (Phi) is 3.69. The molecule has 2 aromatic rings. The van der Waals surface area contributed by atoms with Crippen molar-refractivity contribution in [2.75, 3.05) is 12.4 Å². The van der Waals surface area contributed by atoms with Gasteiger partial charge in [-0.3, -0.25) is 4.79 Å². The molecule has 0 spiro atoms. The van der Waals surface area contributed by atoms with Crippen LogP contribution in [0.3, 0.4) is 0 Å². The van der Waals surface area contributed by atoms with Gasteiger partial charge in [-0.1, -0.05) is 45.7 Å². The number of benzene rings is 2. The van der Waals surface area contributed by atoms with Crippen LogP contribution in [0.4, 0.5) is 0 Å². The Morgan fingerprint density at radius 2 is 2.12 bits per heavy atom. The van der Waals surface area contributed by atoms with Gasteiger partial charge in [0.25, 0.3) is 0 Å². The van der Waals surface area contributed by atoms with Gasteiger partial charge in [0.1, 0.15) is 5.75 Å². The number of Topliss-reactive ketones (excluding diaryl/α,β-unsaturated/α-hetero) is 1. The number of ether oxygens (including phenoxy) is 1. The molecule has 0 N–H and O–H groups in total. The number of fused-ring (bicyclic) bond motifs is 1. The molecule has 2 nitrogen and oxygen atoms in total. The van der Waals surface area contributed by atoms with E-state index in [4.69, 9.17) is 16.3 Å². The average molecular weight is 314 g/mol. The van der Waals surface area contributed by atoms with Crippen LogP contribution in [-0.4, -0.2) is 18.2 Å². The van der Waals surface area contributed by atoms with Crippen LogP contribution in [0.25, 0.3) is 10.8 Å². The molecule has 0 aliphatic carbocycles. The summed E-state index contributed by atoms with van der Waals surface area (Å²) in [5.74, 6) is 0.692. The van der Waals surface area contributed by atoms with Gasteiger partial charge in [-0.15, -0.1) is 0 Å². The lowest BCUT2D eigenvalue weighted by molar-refractivity contribution is 0.102. The van der Waals surface area contributed by atoms with E-state index < -0.39 is 0 Å². The van der Waals surface area contributed by atoms with Crippen molar-refractivity contribution in [1.29, 1.82) is 0 Å². The fourth-order valence-corrected chi connectivity index (χ4v) is 2.32. The van der Waals surface area contributed by atoms with Crippen LogP contribution in [-0.2, 0) is 0 Å². The second-order valence-electron chi connectivity index (χ2n) is 3.57. The number of carbonyl (C=O) groups is 1. The first-order chi connectivity index (χ1) is 8.17. The molecule has 0 saturated heterocycles. The lowest BCUT2D eigenvalue weighted by Crippen LogP contribution is -1.99. The molecule has 2 aromatic carbocycles. The van der Waals surface area contributed by atoms with Crippen molar-refractivity contribution in [3.05, 3.63) is 40.9 Å². The molecule has 0 bridgehead atoms. The van der Waals surface area contributed by atoms with E-state index in [2.05, 4.69) is 15.9 Å². The molecule has 0 heterocycles. The van der Waals surface area contributed by atoms with Gasteiger partial charge in [-0.2, -0.15) is 0 Å². The summed E-state index contributed by atoms with van der Waals surface area (Å²) in [7, 11) is 1.58.